The monoisotopic (exact) mass is 295 g/mol. The third-order valence-corrected chi connectivity index (χ3v) is 5.07. The molecule has 2 heterocycles. The second-order valence-electron chi connectivity index (χ2n) is 6.28. The van der Waals surface area contributed by atoms with Gasteiger partial charge in [-0.05, 0) is 11.6 Å². The SMILES string of the molecule is c1ccc2c(c1)Cc1c-2oc2c1ccc1c3ccccc3[nH]c12. The molecular formula is C21H13NO. The smallest absolute Gasteiger partial charge is 0.159 e. The maximum atomic E-state index is 6.35. The lowest BCUT2D eigenvalue weighted by Gasteiger charge is -1.98. The Balaban J connectivity index is 1.78. The van der Waals surface area contributed by atoms with Crippen molar-refractivity contribution < 1.29 is 4.42 Å². The third kappa shape index (κ3) is 1.34. The predicted molar refractivity (Wildman–Crippen MR) is 93.8 cm³/mol. The summed E-state index contributed by atoms with van der Waals surface area (Å²) >= 11 is 0. The first-order valence-electron chi connectivity index (χ1n) is 7.93. The summed E-state index contributed by atoms with van der Waals surface area (Å²) in [5, 5.41) is 3.71. The summed E-state index contributed by atoms with van der Waals surface area (Å²) in [4.78, 5) is 3.54. The van der Waals surface area contributed by atoms with Crippen molar-refractivity contribution >= 4 is 32.8 Å². The van der Waals surface area contributed by atoms with E-state index in [1.165, 1.54) is 32.8 Å². The van der Waals surface area contributed by atoms with Gasteiger partial charge in [0, 0.05) is 39.2 Å². The van der Waals surface area contributed by atoms with Crippen LogP contribution in [-0.4, -0.2) is 4.98 Å². The van der Waals surface area contributed by atoms with Crippen LogP contribution in [0.25, 0.3) is 44.1 Å². The van der Waals surface area contributed by atoms with E-state index in [9.17, 15) is 0 Å². The number of rotatable bonds is 0. The highest BCUT2D eigenvalue weighted by atomic mass is 16.3. The Kier molecular flexibility index (Phi) is 1.93. The first-order valence-corrected chi connectivity index (χ1v) is 7.93. The highest BCUT2D eigenvalue weighted by Crippen LogP contribution is 2.44. The Labute approximate surface area is 132 Å². The van der Waals surface area contributed by atoms with Crippen LogP contribution < -0.4 is 0 Å². The van der Waals surface area contributed by atoms with Gasteiger partial charge in [-0.25, -0.2) is 0 Å². The van der Waals surface area contributed by atoms with Crippen molar-refractivity contribution in [3.63, 3.8) is 0 Å². The number of fused-ring (bicyclic) bond motifs is 9. The maximum Gasteiger partial charge on any atom is 0.159 e. The average molecular weight is 295 g/mol. The fourth-order valence-electron chi connectivity index (χ4n) is 4.00. The van der Waals surface area contributed by atoms with Gasteiger partial charge in [0.15, 0.2) is 5.58 Å². The van der Waals surface area contributed by atoms with E-state index in [-0.39, 0.29) is 0 Å². The van der Waals surface area contributed by atoms with Crippen LogP contribution in [0.1, 0.15) is 11.1 Å². The molecule has 0 bridgehead atoms. The molecule has 2 nitrogen and oxygen atoms in total. The molecule has 1 aliphatic carbocycles. The number of nitrogens with one attached hydrogen (secondary N) is 1. The van der Waals surface area contributed by atoms with Gasteiger partial charge in [0.2, 0.25) is 0 Å². The molecule has 6 rings (SSSR count). The normalized spacial score (nSPS) is 13.0. The lowest BCUT2D eigenvalue weighted by molar-refractivity contribution is 0.634. The van der Waals surface area contributed by atoms with E-state index in [2.05, 4.69) is 65.6 Å². The average Bonchev–Trinajstić information content (AvgIpc) is 3.23. The molecule has 0 saturated carbocycles. The molecule has 0 saturated heterocycles. The van der Waals surface area contributed by atoms with Crippen LogP contribution in [0.3, 0.4) is 0 Å². The van der Waals surface area contributed by atoms with Gasteiger partial charge in [-0.1, -0.05) is 54.6 Å². The van der Waals surface area contributed by atoms with Crippen LogP contribution in [0.2, 0.25) is 0 Å². The third-order valence-electron chi connectivity index (χ3n) is 5.07. The van der Waals surface area contributed by atoms with E-state index < -0.39 is 0 Å². The molecule has 0 radical (unpaired) electrons. The molecule has 108 valence electrons. The number of aromatic amines is 1. The molecule has 23 heavy (non-hydrogen) atoms. The van der Waals surface area contributed by atoms with Crippen molar-refractivity contribution in [1.29, 1.82) is 0 Å². The van der Waals surface area contributed by atoms with Gasteiger partial charge >= 0.3 is 0 Å². The molecule has 5 aromatic rings. The predicted octanol–water partition coefficient (Wildman–Crippen LogP) is 5.64. The molecule has 2 heteroatoms. The van der Waals surface area contributed by atoms with Gasteiger partial charge in [0.1, 0.15) is 5.76 Å². The molecule has 0 spiro atoms. The number of H-pyrrole nitrogens is 1. The Morgan fingerprint density at radius 1 is 0.783 bits per heavy atom. The van der Waals surface area contributed by atoms with E-state index in [0.29, 0.717) is 0 Å². The Bertz CT molecular complexity index is 1240. The number of para-hydroxylation sites is 1. The first kappa shape index (κ1) is 11.6. The molecule has 0 atom stereocenters. The van der Waals surface area contributed by atoms with Crippen LogP contribution in [0.5, 0.6) is 0 Å². The summed E-state index contributed by atoms with van der Waals surface area (Å²) in [5.74, 6) is 1.04. The number of hydrogen-bond donors (Lipinski definition) is 1. The molecular weight excluding hydrogens is 282 g/mol. The van der Waals surface area contributed by atoms with Gasteiger partial charge in [-0.3, -0.25) is 0 Å². The minimum absolute atomic E-state index is 0.963. The zero-order valence-electron chi connectivity index (χ0n) is 12.4. The molecule has 0 unspecified atom stereocenters. The number of aromatic nitrogens is 1. The van der Waals surface area contributed by atoms with Crippen molar-refractivity contribution in [3.8, 4) is 11.3 Å². The lowest BCUT2D eigenvalue weighted by atomic mass is 10.1. The highest BCUT2D eigenvalue weighted by molar-refractivity contribution is 6.16. The second kappa shape index (κ2) is 3.85. The van der Waals surface area contributed by atoms with E-state index >= 15 is 0 Å². The fourth-order valence-corrected chi connectivity index (χ4v) is 4.00. The van der Waals surface area contributed by atoms with Gasteiger partial charge < -0.3 is 9.40 Å². The van der Waals surface area contributed by atoms with Gasteiger partial charge in [-0.2, -0.15) is 0 Å². The van der Waals surface area contributed by atoms with Crippen LogP contribution in [-0.2, 0) is 6.42 Å². The van der Waals surface area contributed by atoms with Crippen LogP contribution >= 0.6 is 0 Å². The van der Waals surface area contributed by atoms with Crippen molar-refractivity contribution in [2.24, 2.45) is 0 Å². The zero-order valence-corrected chi connectivity index (χ0v) is 12.4. The molecule has 2 aromatic heterocycles. The minimum Gasteiger partial charge on any atom is -0.454 e. The van der Waals surface area contributed by atoms with Crippen LogP contribution in [0, 0.1) is 0 Å². The summed E-state index contributed by atoms with van der Waals surface area (Å²) < 4.78 is 6.35. The van der Waals surface area contributed by atoms with E-state index in [1.807, 2.05) is 0 Å². The quantitative estimate of drug-likeness (QED) is 0.386. The number of hydrogen-bond acceptors (Lipinski definition) is 1. The topological polar surface area (TPSA) is 28.9 Å². The fraction of sp³-hybridized carbons (Fsp3) is 0.0476. The number of benzene rings is 3. The van der Waals surface area contributed by atoms with Crippen molar-refractivity contribution in [2.45, 2.75) is 6.42 Å². The Morgan fingerprint density at radius 2 is 1.61 bits per heavy atom. The van der Waals surface area contributed by atoms with Crippen LogP contribution in [0.4, 0.5) is 0 Å². The molecule has 1 aliphatic rings. The number of furan rings is 1. The molecule has 3 aromatic carbocycles. The van der Waals surface area contributed by atoms with Gasteiger partial charge in [0.25, 0.3) is 0 Å². The van der Waals surface area contributed by atoms with E-state index in [1.54, 1.807) is 0 Å². The van der Waals surface area contributed by atoms with E-state index in [0.717, 1.165) is 28.8 Å². The molecule has 0 amide bonds. The first-order chi connectivity index (χ1) is 11.4. The summed E-state index contributed by atoms with van der Waals surface area (Å²) in [5.41, 5.74) is 7.17. The highest BCUT2D eigenvalue weighted by Gasteiger charge is 2.26. The lowest BCUT2D eigenvalue weighted by Crippen LogP contribution is -1.80. The molecule has 1 N–H and O–H groups in total. The molecule has 0 fully saturated rings. The summed E-state index contributed by atoms with van der Waals surface area (Å²) in [6.07, 6.45) is 0.963. The van der Waals surface area contributed by atoms with Gasteiger partial charge in [-0.15, -0.1) is 0 Å². The van der Waals surface area contributed by atoms with Crippen molar-refractivity contribution in [2.75, 3.05) is 0 Å². The summed E-state index contributed by atoms with van der Waals surface area (Å²) in [6, 6.07) is 21.4. The largest absolute Gasteiger partial charge is 0.454 e. The Morgan fingerprint density at radius 3 is 2.61 bits per heavy atom. The van der Waals surface area contributed by atoms with E-state index in [4.69, 9.17) is 4.42 Å². The van der Waals surface area contributed by atoms with Crippen molar-refractivity contribution in [3.05, 3.63) is 71.8 Å². The summed E-state index contributed by atoms with van der Waals surface area (Å²) in [7, 11) is 0. The Hall–Kier alpha value is -3.00. The maximum absolute atomic E-state index is 6.35. The minimum atomic E-state index is 0.963. The van der Waals surface area contributed by atoms with Crippen LogP contribution in [0.15, 0.2) is 65.1 Å². The standard InChI is InChI=1S/C21H13NO/c1-2-6-13-12(5-1)11-17-16-10-9-15-14-7-3-4-8-18(14)22-19(15)21(16)23-20(13)17/h1-10,22H,11H2. The molecule has 0 aliphatic heterocycles. The second-order valence-corrected chi connectivity index (χ2v) is 6.28. The summed E-state index contributed by atoms with van der Waals surface area (Å²) in [6.45, 7) is 0. The zero-order chi connectivity index (χ0) is 15.0. The van der Waals surface area contributed by atoms with Gasteiger partial charge in [0.05, 0.1) is 5.52 Å². The van der Waals surface area contributed by atoms with Crippen molar-refractivity contribution in [1.82, 2.24) is 4.98 Å².